The molecule has 0 fully saturated rings. The van der Waals surface area contributed by atoms with Crippen LogP contribution in [0.15, 0.2) is 0 Å². The second kappa shape index (κ2) is 3.26. The third-order valence-corrected chi connectivity index (χ3v) is 0.442. The Labute approximate surface area is 46.7 Å². The fourth-order valence-corrected chi connectivity index (χ4v) is 0.189. The highest BCUT2D eigenvalue weighted by Crippen LogP contribution is 1.79. The molecule has 0 aromatic rings. The molecule has 1 atom stereocenters. The van der Waals surface area contributed by atoms with Crippen molar-refractivity contribution in [2.24, 2.45) is 0 Å². The van der Waals surface area contributed by atoms with Crippen LogP contribution in [0.4, 0.5) is 4.79 Å². The summed E-state index contributed by atoms with van der Waals surface area (Å²) in [6, 6.07) is 0. The molecule has 0 rings (SSSR count). The van der Waals surface area contributed by atoms with Crippen molar-refractivity contribution in [1.82, 2.24) is 0 Å². The van der Waals surface area contributed by atoms with Crippen molar-refractivity contribution in [2.45, 2.75) is 13.0 Å². The van der Waals surface area contributed by atoms with Crippen molar-refractivity contribution >= 4 is 6.16 Å². The van der Waals surface area contributed by atoms with E-state index in [0.29, 0.717) is 0 Å². The quantitative estimate of drug-likeness (QED) is 0.460. The lowest BCUT2D eigenvalue weighted by atomic mass is 10.5. The highest BCUT2D eigenvalue weighted by Gasteiger charge is 1.90. The summed E-state index contributed by atoms with van der Waals surface area (Å²) < 4.78 is 3.86. The molecule has 0 aromatic heterocycles. The third-order valence-electron chi connectivity index (χ3n) is 0.442. The molecule has 4 heteroatoms. The highest BCUT2D eigenvalue weighted by molar-refractivity contribution is 5.53. The van der Waals surface area contributed by atoms with Crippen LogP contribution in [0.3, 0.4) is 0 Å². The molecule has 1 N–H and O–H groups in total. The maximum Gasteiger partial charge on any atom is 0.252 e. The van der Waals surface area contributed by atoms with E-state index in [0.717, 1.165) is 0 Å². The average Bonchev–Trinajstić information content (AvgIpc) is 1.61. The fourth-order valence-electron chi connectivity index (χ4n) is 0.189. The van der Waals surface area contributed by atoms with Crippen molar-refractivity contribution in [3.8, 4) is 0 Å². The summed E-state index contributed by atoms with van der Waals surface area (Å²) in [6.07, 6.45) is -2.36. The number of carboxylic acid groups (broad SMARTS) is 1. The van der Waals surface area contributed by atoms with Crippen molar-refractivity contribution in [2.75, 3.05) is 6.61 Å². The first-order valence-corrected chi connectivity index (χ1v) is 2.14. The van der Waals surface area contributed by atoms with Crippen molar-refractivity contribution < 1.29 is 19.7 Å². The minimum Gasteiger partial charge on any atom is -0.547 e. The van der Waals surface area contributed by atoms with Crippen LogP contribution in [0.1, 0.15) is 6.92 Å². The van der Waals surface area contributed by atoms with Crippen LogP contribution in [0, 0.1) is 0 Å². The Bertz CT molecular complexity index is 78.1. The van der Waals surface area contributed by atoms with E-state index in [-0.39, 0.29) is 6.61 Å². The Kier molecular flexibility index (Phi) is 2.95. The largest absolute Gasteiger partial charge is 0.547 e. The van der Waals surface area contributed by atoms with E-state index in [4.69, 9.17) is 5.11 Å². The van der Waals surface area contributed by atoms with Gasteiger partial charge in [0.2, 0.25) is 0 Å². The average molecular weight is 119 g/mol. The summed E-state index contributed by atoms with van der Waals surface area (Å²) in [5, 5.41) is 17.8. The molecule has 0 saturated carbocycles. The lowest BCUT2D eigenvalue weighted by molar-refractivity contribution is -0.284. The van der Waals surface area contributed by atoms with Gasteiger partial charge < -0.3 is 19.7 Å². The van der Waals surface area contributed by atoms with E-state index < -0.39 is 12.3 Å². The normalized spacial score (nSPS) is 12.8. The van der Waals surface area contributed by atoms with E-state index >= 15 is 0 Å². The van der Waals surface area contributed by atoms with Crippen LogP contribution >= 0.6 is 0 Å². The van der Waals surface area contributed by atoms with Crippen LogP contribution in [0.25, 0.3) is 0 Å². The highest BCUT2D eigenvalue weighted by atomic mass is 16.7. The zero-order valence-electron chi connectivity index (χ0n) is 4.46. The third kappa shape index (κ3) is 5.23. The van der Waals surface area contributed by atoms with Gasteiger partial charge in [0.05, 0.1) is 12.7 Å². The standard InChI is InChI=1S/C4H8O4/c1-3(5)2-8-4(6)7/h3,5H,2H2,1H3,(H,6,7)/p-1. The molecule has 48 valence electrons. The van der Waals surface area contributed by atoms with Gasteiger partial charge in [-0.15, -0.1) is 0 Å². The van der Waals surface area contributed by atoms with E-state index in [1.54, 1.807) is 0 Å². The molecule has 0 radical (unpaired) electrons. The van der Waals surface area contributed by atoms with E-state index in [2.05, 4.69) is 4.74 Å². The Morgan fingerprint density at radius 3 is 2.62 bits per heavy atom. The zero-order valence-corrected chi connectivity index (χ0v) is 4.46. The van der Waals surface area contributed by atoms with Gasteiger partial charge in [0.1, 0.15) is 0 Å². The molecule has 0 saturated heterocycles. The monoisotopic (exact) mass is 119 g/mol. The van der Waals surface area contributed by atoms with Gasteiger partial charge in [0.25, 0.3) is 6.16 Å². The summed E-state index contributed by atoms with van der Waals surface area (Å²) in [7, 11) is 0. The zero-order chi connectivity index (χ0) is 6.57. The lowest BCUT2D eigenvalue weighted by Crippen LogP contribution is -2.26. The molecule has 0 heterocycles. The van der Waals surface area contributed by atoms with Gasteiger partial charge in [-0.1, -0.05) is 0 Å². The maximum absolute atomic E-state index is 9.46. The molecular weight excluding hydrogens is 112 g/mol. The number of hydrogen-bond acceptors (Lipinski definition) is 4. The SMILES string of the molecule is CC(O)COC(=O)[O-]. The second-order valence-electron chi connectivity index (χ2n) is 1.41. The first kappa shape index (κ1) is 7.23. The number of aliphatic hydroxyl groups excluding tert-OH is 1. The molecule has 0 aliphatic heterocycles. The maximum atomic E-state index is 9.46. The Morgan fingerprint density at radius 2 is 2.50 bits per heavy atom. The molecule has 1 unspecified atom stereocenters. The number of aliphatic hydroxyl groups is 1. The molecule has 8 heavy (non-hydrogen) atoms. The van der Waals surface area contributed by atoms with Crippen molar-refractivity contribution in [1.29, 1.82) is 0 Å². The number of carbonyl (C=O) groups is 1. The van der Waals surface area contributed by atoms with Gasteiger partial charge in [-0.25, -0.2) is 0 Å². The molecule has 4 nitrogen and oxygen atoms in total. The summed E-state index contributed by atoms with van der Waals surface area (Å²) in [5.74, 6) is 0. The predicted octanol–water partition coefficient (Wildman–Crippen LogP) is -1.27. The molecule has 0 aromatic carbocycles. The number of rotatable bonds is 2. The van der Waals surface area contributed by atoms with Gasteiger partial charge in [-0.3, -0.25) is 0 Å². The number of ether oxygens (including phenoxy) is 1. The smallest absolute Gasteiger partial charge is 0.252 e. The minimum absolute atomic E-state index is 0.220. The molecular formula is C4H7O4-. The first-order chi connectivity index (χ1) is 3.63. The van der Waals surface area contributed by atoms with Gasteiger partial charge >= 0.3 is 0 Å². The van der Waals surface area contributed by atoms with Gasteiger partial charge in [-0.05, 0) is 6.92 Å². The Morgan fingerprint density at radius 1 is 2.00 bits per heavy atom. The van der Waals surface area contributed by atoms with E-state index in [9.17, 15) is 9.90 Å². The van der Waals surface area contributed by atoms with Crippen LogP contribution in [0.5, 0.6) is 0 Å². The van der Waals surface area contributed by atoms with Crippen LogP contribution in [-0.4, -0.2) is 24.0 Å². The molecule has 0 bridgehead atoms. The van der Waals surface area contributed by atoms with Gasteiger partial charge in [0.15, 0.2) is 0 Å². The Balaban J connectivity index is 3.05. The summed E-state index contributed by atoms with van der Waals surface area (Å²) in [6.45, 7) is 1.20. The summed E-state index contributed by atoms with van der Waals surface area (Å²) in [4.78, 5) is 9.46. The van der Waals surface area contributed by atoms with E-state index in [1.165, 1.54) is 6.92 Å². The molecule has 0 spiro atoms. The first-order valence-electron chi connectivity index (χ1n) is 2.14. The van der Waals surface area contributed by atoms with E-state index in [1.807, 2.05) is 0 Å². The van der Waals surface area contributed by atoms with Crippen LogP contribution in [-0.2, 0) is 4.74 Å². The number of hydrogen-bond donors (Lipinski definition) is 1. The minimum atomic E-state index is -1.61. The van der Waals surface area contributed by atoms with Gasteiger partial charge in [0, 0.05) is 0 Å². The predicted molar refractivity (Wildman–Crippen MR) is 23.0 cm³/mol. The van der Waals surface area contributed by atoms with Crippen molar-refractivity contribution in [3.05, 3.63) is 0 Å². The molecule has 0 aliphatic carbocycles. The molecule has 0 amide bonds. The van der Waals surface area contributed by atoms with Gasteiger partial charge in [-0.2, -0.15) is 0 Å². The van der Waals surface area contributed by atoms with Crippen molar-refractivity contribution in [3.63, 3.8) is 0 Å². The fraction of sp³-hybridized carbons (Fsp3) is 0.750. The lowest BCUT2D eigenvalue weighted by Gasteiger charge is -2.08. The summed E-state index contributed by atoms with van der Waals surface area (Å²) >= 11 is 0. The second-order valence-corrected chi connectivity index (χ2v) is 1.41. The molecule has 0 aliphatic rings. The Hall–Kier alpha value is -0.770. The summed E-state index contributed by atoms with van der Waals surface area (Å²) in [5.41, 5.74) is 0. The van der Waals surface area contributed by atoms with Crippen LogP contribution in [0.2, 0.25) is 0 Å². The van der Waals surface area contributed by atoms with Crippen LogP contribution < -0.4 is 5.11 Å². The topological polar surface area (TPSA) is 69.6 Å². The number of carbonyl (C=O) groups excluding carboxylic acids is 1.